The number of amides is 1. The molecule has 1 amide bonds. The Balaban J connectivity index is 1.76. The van der Waals surface area contributed by atoms with E-state index in [1.807, 2.05) is 29.6 Å². The summed E-state index contributed by atoms with van der Waals surface area (Å²) in [6, 6.07) is 3.31. The number of hydrogen-bond acceptors (Lipinski definition) is 2. The molecule has 3 heterocycles. The summed E-state index contributed by atoms with van der Waals surface area (Å²) in [5.74, 6) is 0.0880. The number of piperidine rings is 1. The number of halogens is 1. The molecular weight excluding hydrogens is 274 g/mol. The van der Waals surface area contributed by atoms with Crippen molar-refractivity contribution in [2.45, 2.75) is 57.3 Å². The van der Waals surface area contributed by atoms with Crippen molar-refractivity contribution in [1.29, 1.82) is 0 Å². The van der Waals surface area contributed by atoms with Gasteiger partial charge in [-0.05, 0) is 38.7 Å². The molecule has 2 aliphatic heterocycles. The van der Waals surface area contributed by atoms with Gasteiger partial charge in [0.05, 0.1) is 5.02 Å². The molecule has 1 N–H and O–H groups in total. The van der Waals surface area contributed by atoms with Crippen molar-refractivity contribution in [3.63, 3.8) is 0 Å². The topological polar surface area (TPSA) is 37.3 Å². The predicted molar refractivity (Wildman–Crippen MR) is 80.2 cm³/mol. The standard InChI is InChI=1S/C15H22ClN3O/c1-3-19-9-10(16)6-14(19)15(20)18(2)13-7-11-4-5-12(8-13)17-11/h6,9,11-13,17H,3-5,7-8H2,1-2H3. The highest BCUT2D eigenvalue weighted by atomic mass is 35.5. The van der Waals surface area contributed by atoms with Crippen LogP contribution in [0.2, 0.25) is 5.02 Å². The fourth-order valence-corrected chi connectivity index (χ4v) is 3.83. The number of rotatable bonds is 3. The Morgan fingerprint density at radius 3 is 2.70 bits per heavy atom. The third-order valence-electron chi connectivity index (χ3n) is 4.74. The van der Waals surface area contributed by atoms with E-state index in [2.05, 4.69) is 5.32 Å². The van der Waals surface area contributed by atoms with Crippen LogP contribution in [0.5, 0.6) is 0 Å². The molecule has 2 fully saturated rings. The van der Waals surface area contributed by atoms with E-state index in [9.17, 15) is 4.79 Å². The molecule has 2 aliphatic rings. The Bertz CT molecular complexity index is 501. The Hall–Kier alpha value is -1.00. The Kier molecular flexibility index (Phi) is 3.78. The predicted octanol–water partition coefficient (Wildman–Crippen LogP) is 2.52. The fraction of sp³-hybridized carbons (Fsp3) is 0.667. The number of carbonyl (C=O) groups excluding carboxylic acids is 1. The number of hydrogen-bond donors (Lipinski definition) is 1. The van der Waals surface area contributed by atoms with E-state index >= 15 is 0 Å². The molecule has 2 atom stereocenters. The number of aromatic nitrogens is 1. The van der Waals surface area contributed by atoms with Gasteiger partial charge in [-0.2, -0.15) is 0 Å². The number of carbonyl (C=O) groups is 1. The Morgan fingerprint density at radius 2 is 2.10 bits per heavy atom. The van der Waals surface area contributed by atoms with Crippen LogP contribution in [0.1, 0.15) is 43.1 Å². The van der Waals surface area contributed by atoms with Crippen LogP contribution in [0.15, 0.2) is 12.3 Å². The van der Waals surface area contributed by atoms with E-state index in [1.165, 1.54) is 12.8 Å². The molecule has 1 aromatic rings. The van der Waals surface area contributed by atoms with Crippen LogP contribution < -0.4 is 5.32 Å². The highest BCUT2D eigenvalue weighted by Gasteiger charge is 2.36. The molecule has 4 nitrogen and oxygen atoms in total. The van der Waals surface area contributed by atoms with Crippen LogP contribution >= 0.6 is 11.6 Å². The molecule has 5 heteroatoms. The first-order valence-electron chi connectivity index (χ1n) is 7.47. The van der Waals surface area contributed by atoms with Gasteiger partial charge in [0.15, 0.2) is 0 Å². The van der Waals surface area contributed by atoms with Crippen molar-refractivity contribution in [3.05, 3.63) is 23.0 Å². The minimum atomic E-state index is 0.0880. The lowest BCUT2D eigenvalue weighted by Gasteiger charge is -2.35. The van der Waals surface area contributed by atoms with Crippen LogP contribution in [0.4, 0.5) is 0 Å². The Morgan fingerprint density at radius 1 is 1.45 bits per heavy atom. The maximum absolute atomic E-state index is 12.7. The van der Waals surface area contributed by atoms with Gasteiger partial charge in [-0.25, -0.2) is 0 Å². The minimum Gasteiger partial charge on any atom is -0.342 e. The molecule has 3 rings (SSSR count). The van der Waals surface area contributed by atoms with Gasteiger partial charge in [0, 0.05) is 37.9 Å². The van der Waals surface area contributed by atoms with Crippen molar-refractivity contribution < 1.29 is 4.79 Å². The average molecular weight is 296 g/mol. The van der Waals surface area contributed by atoms with E-state index < -0.39 is 0 Å². The zero-order chi connectivity index (χ0) is 14.3. The first-order chi connectivity index (χ1) is 9.58. The molecule has 1 aromatic heterocycles. The summed E-state index contributed by atoms with van der Waals surface area (Å²) in [6.07, 6.45) is 6.47. The summed E-state index contributed by atoms with van der Waals surface area (Å²) >= 11 is 6.03. The van der Waals surface area contributed by atoms with Crippen LogP contribution in [-0.2, 0) is 6.54 Å². The van der Waals surface area contributed by atoms with Gasteiger partial charge < -0.3 is 14.8 Å². The van der Waals surface area contributed by atoms with Gasteiger partial charge in [-0.15, -0.1) is 0 Å². The van der Waals surface area contributed by atoms with E-state index in [1.54, 1.807) is 6.07 Å². The minimum absolute atomic E-state index is 0.0880. The molecule has 0 spiro atoms. The summed E-state index contributed by atoms with van der Waals surface area (Å²) in [6.45, 7) is 2.79. The number of nitrogens with one attached hydrogen (secondary N) is 1. The molecule has 110 valence electrons. The van der Waals surface area contributed by atoms with E-state index in [0.29, 0.717) is 28.8 Å². The largest absolute Gasteiger partial charge is 0.342 e. The first kappa shape index (κ1) is 14.0. The Labute approximate surface area is 125 Å². The molecule has 2 bridgehead atoms. The molecule has 0 aliphatic carbocycles. The maximum atomic E-state index is 12.7. The fourth-order valence-electron chi connectivity index (χ4n) is 3.61. The van der Waals surface area contributed by atoms with Crippen molar-refractivity contribution in [2.24, 2.45) is 0 Å². The zero-order valence-electron chi connectivity index (χ0n) is 12.1. The van der Waals surface area contributed by atoms with Gasteiger partial charge >= 0.3 is 0 Å². The second-order valence-corrected chi connectivity index (χ2v) is 6.45. The summed E-state index contributed by atoms with van der Waals surface area (Å²) in [5, 5.41) is 4.25. The highest BCUT2D eigenvalue weighted by Crippen LogP contribution is 2.30. The van der Waals surface area contributed by atoms with Crippen LogP contribution in [-0.4, -0.2) is 40.5 Å². The van der Waals surface area contributed by atoms with E-state index in [0.717, 1.165) is 19.4 Å². The quantitative estimate of drug-likeness (QED) is 0.930. The lowest BCUT2D eigenvalue weighted by molar-refractivity contribution is 0.0671. The highest BCUT2D eigenvalue weighted by molar-refractivity contribution is 6.31. The monoisotopic (exact) mass is 295 g/mol. The third kappa shape index (κ3) is 2.47. The molecule has 0 radical (unpaired) electrons. The smallest absolute Gasteiger partial charge is 0.270 e. The van der Waals surface area contributed by atoms with Crippen molar-refractivity contribution >= 4 is 17.5 Å². The lowest BCUT2D eigenvalue weighted by Crippen LogP contribution is -2.49. The summed E-state index contributed by atoms with van der Waals surface area (Å²) < 4.78 is 1.93. The number of nitrogens with zero attached hydrogens (tertiary/aromatic N) is 2. The molecule has 0 aromatic carbocycles. The van der Waals surface area contributed by atoms with Gasteiger partial charge in [-0.1, -0.05) is 11.6 Å². The van der Waals surface area contributed by atoms with Gasteiger partial charge in [0.1, 0.15) is 5.69 Å². The molecule has 0 saturated carbocycles. The molecule has 2 saturated heterocycles. The molecule has 20 heavy (non-hydrogen) atoms. The van der Waals surface area contributed by atoms with E-state index in [-0.39, 0.29) is 5.91 Å². The van der Waals surface area contributed by atoms with E-state index in [4.69, 9.17) is 11.6 Å². The van der Waals surface area contributed by atoms with Crippen LogP contribution in [0.3, 0.4) is 0 Å². The summed E-state index contributed by atoms with van der Waals surface area (Å²) in [4.78, 5) is 14.6. The normalized spacial score (nSPS) is 28.6. The van der Waals surface area contributed by atoms with Crippen molar-refractivity contribution in [2.75, 3.05) is 7.05 Å². The second-order valence-electron chi connectivity index (χ2n) is 6.01. The van der Waals surface area contributed by atoms with Gasteiger partial charge in [-0.3, -0.25) is 4.79 Å². The SMILES string of the molecule is CCn1cc(Cl)cc1C(=O)N(C)C1CC2CCC(C1)N2. The number of fused-ring (bicyclic) bond motifs is 2. The van der Waals surface area contributed by atoms with Gasteiger partial charge in [0.2, 0.25) is 0 Å². The zero-order valence-corrected chi connectivity index (χ0v) is 12.9. The number of aryl methyl sites for hydroxylation is 1. The molecule has 2 unspecified atom stereocenters. The van der Waals surface area contributed by atoms with Crippen LogP contribution in [0, 0.1) is 0 Å². The van der Waals surface area contributed by atoms with Crippen molar-refractivity contribution in [3.8, 4) is 0 Å². The third-order valence-corrected chi connectivity index (χ3v) is 4.95. The lowest BCUT2D eigenvalue weighted by atomic mass is 9.98. The van der Waals surface area contributed by atoms with Crippen molar-refractivity contribution in [1.82, 2.24) is 14.8 Å². The summed E-state index contributed by atoms with van der Waals surface area (Å²) in [5.41, 5.74) is 0.700. The first-order valence-corrected chi connectivity index (χ1v) is 7.85. The average Bonchev–Trinajstić information content (AvgIpc) is 2.99. The second kappa shape index (κ2) is 5.41. The molecular formula is C15H22ClN3O. The summed E-state index contributed by atoms with van der Waals surface area (Å²) in [7, 11) is 1.93. The van der Waals surface area contributed by atoms with Gasteiger partial charge in [0.25, 0.3) is 5.91 Å². The maximum Gasteiger partial charge on any atom is 0.270 e. The van der Waals surface area contributed by atoms with Crippen LogP contribution in [0.25, 0.3) is 0 Å².